The van der Waals surface area contributed by atoms with Gasteiger partial charge in [0.2, 0.25) is 11.8 Å². The highest BCUT2D eigenvalue weighted by Gasteiger charge is 2.25. The highest BCUT2D eigenvalue weighted by Crippen LogP contribution is 2.18. The van der Waals surface area contributed by atoms with E-state index < -0.39 is 17.7 Å². The number of anilines is 1. The van der Waals surface area contributed by atoms with Crippen LogP contribution >= 0.6 is 11.3 Å². The summed E-state index contributed by atoms with van der Waals surface area (Å²) in [5.41, 5.74) is 0.709. The van der Waals surface area contributed by atoms with E-state index in [1.54, 1.807) is 18.6 Å². The average molecular weight is 350 g/mol. The maximum atomic E-state index is 12.0. The first kappa shape index (κ1) is 18.0. The summed E-state index contributed by atoms with van der Waals surface area (Å²) in [5, 5.41) is 7.49. The Morgan fingerprint density at radius 2 is 2.25 bits per heavy atom. The maximum Gasteiger partial charge on any atom is 0.262 e. The van der Waals surface area contributed by atoms with E-state index in [0.717, 1.165) is 0 Å². The second-order valence-electron chi connectivity index (χ2n) is 4.95. The Kier molecular flexibility index (Phi) is 6.76. The Balaban J connectivity index is 1.79. The molecule has 1 aromatic heterocycles. The highest BCUT2D eigenvalue weighted by molar-refractivity contribution is 7.13. The third-order valence-electron chi connectivity index (χ3n) is 3.16. The van der Waals surface area contributed by atoms with Gasteiger partial charge in [-0.1, -0.05) is 6.08 Å². The van der Waals surface area contributed by atoms with Crippen molar-refractivity contribution in [2.45, 2.75) is 12.8 Å². The van der Waals surface area contributed by atoms with Gasteiger partial charge in [-0.25, -0.2) is 9.98 Å². The number of aliphatic imine (C=N–C) groups is 1. The summed E-state index contributed by atoms with van der Waals surface area (Å²) < 4.78 is 4.85. The molecule has 0 saturated carbocycles. The van der Waals surface area contributed by atoms with Crippen molar-refractivity contribution in [3.05, 3.63) is 23.2 Å². The van der Waals surface area contributed by atoms with Gasteiger partial charge in [-0.15, -0.1) is 11.3 Å². The van der Waals surface area contributed by atoms with Gasteiger partial charge in [-0.05, 0) is 12.5 Å². The van der Waals surface area contributed by atoms with Crippen molar-refractivity contribution < 1.29 is 19.1 Å². The minimum Gasteiger partial charge on any atom is -0.383 e. The lowest BCUT2D eigenvalue weighted by molar-refractivity contribution is -0.128. The van der Waals surface area contributed by atoms with Crippen molar-refractivity contribution in [1.29, 1.82) is 0 Å². The fourth-order valence-corrected chi connectivity index (χ4v) is 2.67. The molecule has 128 valence electrons. The smallest absolute Gasteiger partial charge is 0.262 e. The van der Waals surface area contributed by atoms with Gasteiger partial charge < -0.3 is 15.4 Å². The monoisotopic (exact) mass is 350 g/mol. The van der Waals surface area contributed by atoms with Crippen LogP contribution in [-0.4, -0.2) is 49.2 Å². The predicted octanol–water partition coefficient (Wildman–Crippen LogP) is 0.560. The molecule has 0 aromatic carbocycles. The zero-order valence-corrected chi connectivity index (χ0v) is 14.0. The van der Waals surface area contributed by atoms with E-state index in [-0.39, 0.29) is 5.91 Å². The molecule has 0 fully saturated rings. The summed E-state index contributed by atoms with van der Waals surface area (Å²) in [7, 11) is 1.57. The lowest BCUT2D eigenvalue weighted by Crippen LogP contribution is -2.28. The first-order valence-corrected chi connectivity index (χ1v) is 8.23. The first-order chi connectivity index (χ1) is 11.6. The molecule has 24 heavy (non-hydrogen) atoms. The zero-order valence-electron chi connectivity index (χ0n) is 13.2. The molecular weight excluding hydrogens is 332 g/mol. The quantitative estimate of drug-likeness (QED) is 0.526. The second-order valence-corrected chi connectivity index (χ2v) is 5.81. The molecule has 2 rings (SSSR count). The van der Waals surface area contributed by atoms with Crippen molar-refractivity contribution in [2.75, 3.05) is 25.6 Å². The molecule has 8 nitrogen and oxygen atoms in total. The summed E-state index contributed by atoms with van der Waals surface area (Å²) >= 11 is 1.25. The number of aromatic nitrogens is 1. The van der Waals surface area contributed by atoms with Crippen LogP contribution in [0.25, 0.3) is 0 Å². The number of thiazole rings is 1. The number of rotatable bonds is 8. The number of nitrogens with one attached hydrogen (secondary N) is 2. The SMILES string of the molecule is COCCNC(=O)CCc1csc(NC(=O)C2C=CC=NC2=O)n1. The van der Waals surface area contributed by atoms with Crippen molar-refractivity contribution in [3.63, 3.8) is 0 Å². The summed E-state index contributed by atoms with van der Waals surface area (Å²) in [6.45, 7) is 0.941. The van der Waals surface area contributed by atoms with Crippen LogP contribution in [0.1, 0.15) is 12.1 Å². The molecule has 1 aliphatic rings. The number of aryl methyl sites for hydroxylation is 1. The predicted molar refractivity (Wildman–Crippen MR) is 90.1 cm³/mol. The number of carbonyl (C=O) groups is 3. The van der Waals surface area contributed by atoms with Gasteiger partial charge in [0.1, 0.15) is 5.92 Å². The number of ether oxygens (including phenoxy) is 1. The Hall–Kier alpha value is -2.39. The van der Waals surface area contributed by atoms with Crippen LogP contribution < -0.4 is 10.6 Å². The number of methoxy groups -OCH3 is 1. The van der Waals surface area contributed by atoms with Gasteiger partial charge in [0.15, 0.2) is 5.13 Å². The molecule has 1 aromatic rings. The molecule has 3 amide bonds. The summed E-state index contributed by atoms with van der Waals surface area (Å²) in [4.78, 5) is 43.0. The summed E-state index contributed by atoms with van der Waals surface area (Å²) in [6.07, 6.45) is 5.17. The molecule has 0 spiro atoms. The molecule has 1 unspecified atom stereocenters. The van der Waals surface area contributed by atoms with Crippen LogP contribution in [0, 0.1) is 5.92 Å². The Morgan fingerprint density at radius 1 is 1.42 bits per heavy atom. The van der Waals surface area contributed by atoms with Crippen molar-refractivity contribution in [2.24, 2.45) is 10.9 Å². The number of carbonyl (C=O) groups excluding carboxylic acids is 3. The zero-order chi connectivity index (χ0) is 17.4. The maximum absolute atomic E-state index is 12.0. The van der Waals surface area contributed by atoms with E-state index >= 15 is 0 Å². The molecule has 0 bridgehead atoms. The molecule has 1 aliphatic heterocycles. The molecule has 2 heterocycles. The van der Waals surface area contributed by atoms with Gasteiger partial charge >= 0.3 is 0 Å². The Labute approximate surface area is 143 Å². The molecule has 0 aliphatic carbocycles. The van der Waals surface area contributed by atoms with Crippen LogP contribution in [0.3, 0.4) is 0 Å². The lowest BCUT2D eigenvalue weighted by Gasteiger charge is -2.09. The van der Waals surface area contributed by atoms with Crippen LogP contribution in [0.5, 0.6) is 0 Å². The number of nitrogens with zero attached hydrogens (tertiary/aromatic N) is 2. The number of hydrogen-bond donors (Lipinski definition) is 2. The standard InChI is InChI=1S/C15H18N4O4S/c1-23-8-7-16-12(20)5-4-10-9-24-15(18-10)19-14(22)11-3-2-6-17-13(11)21/h2-3,6,9,11H,4-5,7-8H2,1H3,(H,16,20)(H,18,19,22). The van der Waals surface area contributed by atoms with Crippen LogP contribution in [0.2, 0.25) is 0 Å². The van der Waals surface area contributed by atoms with Crippen molar-refractivity contribution >= 4 is 40.4 Å². The van der Waals surface area contributed by atoms with Gasteiger partial charge in [0, 0.05) is 31.7 Å². The minimum absolute atomic E-state index is 0.0820. The van der Waals surface area contributed by atoms with Gasteiger partial charge in [-0.2, -0.15) is 0 Å². The van der Waals surface area contributed by atoms with Gasteiger partial charge in [0.05, 0.1) is 12.3 Å². The molecule has 2 N–H and O–H groups in total. The van der Waals surface area contributed by atoms with E-state index in [0.29, 0.717) is 36.8 Å². The largest absolute Gasteiger partial charge is 0.383 e. The van der Waals surface area contributed by atoms with Gasteiger partial charge in [0.25, 0.3) is 5.91 Å². The highest BCUT2D eigenvalue weighted by atomic mass is 32.1. The topological polar surface area (TPSA) is 110 Å². The number of allylic oxidation sites excluding steroid dienone is 1. The Bertz CT molecular complexity index is 668. The van der Waals surface area contributed by atoms with E-state index in [9.17, 15) is 14.4 Å². The molecule has 0 radical (unpaired) electrons. The van der Waals surface area contributed by atoms with Crippen molar-refractivity contribution in [1.82, 2.24) is 10.3 Å². The average Bonchev–Trinajstić information content (AvgIpc) is 3.01. The summed E-state index contributed by atoms with van der Waals surface area (Å²) in [6, 6.07) is 0. The lowest BCUT2D eigenvalue weighted by atomic mass is 10.1. The van der Waals surface area contributed by atoms with Crippen LogP contribution in [0.4, 0.5) is 5.13 Å². The number of dihydropyridines is 1. The minimum atomic E-state index is -0.922. The van der Waals surface area contributed by atoms with Crippen molar-refractivity contribution in [3.8, 4) is 0 Å². The third-order valence-corrected chi connectivity index (χ3v) is 3.96. The fourth-order valence-electron chi connectivity index (χ4n) is 1.92. The fraction of sp³-hybridized carbons (Fsp3) is 0.400. The number of amides is 3. The third kappa shape index (κ3) is 5.36. The van der Waals surface area contributed by atoms with Crippen LogP contribution in [0.15, 0.2) is 22.5 Å². The van der Waals surface area contributed by atoms with E-state index in [4.69, 9.17) is 4.74 Å². The van der Waals surface area contributed by atoms with E-state index in [2.05, 4.69) is 20.6 Å². The first-order valence-electron chi connectivity index (χ1n) is 7.35. The molecule has 1 atom stereocenters. The molecule has 9 heteroatoms. The van der Waals surface area contributed by atoms with E-state index in [1.807, 2.05) is 0 Å². The summed E-state index contributed by atoms with van der Waals surface area (Å²) in [5.74, 6) is -1.97. The second kappa shape index (κ2) is 9.04. The van der Waals surface area contributed by atoms with Gasteiger partial charge in [-0.3, -0.25) is 14.4 Å². The molecule has 0 saturated heterocycles. The van der Waals surface area contributed by atoms with Crippen LogP contribution in [-0.2, 0) is 25.5 Å². The molecular formula is C15H18N4O4S. The Morgan fingerprint density at radius 3 is 3.00 bits per heavy atom. The van der Waals surface area contributed by atoms with E-state index in [1.165, 1.54) is 23.6 Å². The number of hydrogen-bond acceptors (Lipinski definition) is 6. The normalized spacial score (nSPS) is 16.2.